The minimum atomic E-state index is 0.787. The third kappa shape index (κ3) is 4.87. The molecular weight excluding hydrogens is 657 g/mol. The molecule has 3 nitrogen and oxygen atoms in total. The van der Waals surface area contributed by atoms with E-state index in [9.17, 15) is 0 Å². The summed E-state index contributed by atoms with van der Waals surface area (Å²) in [4.78, 5) is 6.63. The smallest absolute Gasteiger partial charge is 0.153 e. The molecule has 252 valence electrons. The monoisotopic (exact) mass is 688 g/mol. The highest BCUT2D eigenvalue weighted by Crippen LogP contribution is 2.42. The fourth-order valence-electron chi connectivity index (χ4n) is 8.37. The van der Waals surface area contributed by atoms with Gasteiger partial charge in [0.1, 0.15) is 5.58 Å². The number of hydrogen-bond donors (Lipinski definition) is 0. The molecule has 0 fully saturated rings. The van der Waals surface area contributed by atoms with Crippen molar-refractivity contribution in [3.8, 4) is 22.3 Å². The number of anilines is 3. The van der Waals surface area contributed by atoms with E-state index in [2.05, 4.69) is 186 Å². The highest BCUT2D eigenvalue weighted by molar-refractivity contribution is 6.15. The van der Waals surface area contributed by atoms with E-state index < -0.39 is 0 Å². The van der Waals surface area contributed by atoms with Gasteiger partial charge in [-0.1, -0.05) is 121 Å². The Kier molecular flexibility index (Phi) is 6.86. The molecule has 11 aromatic rings. The zero-order valence-electron chi connectivity index (χ0n) is 29.3. The van der Waals surface area contributed by atoms with Crippen molar-refractivity contribution in [2.75, 3.05) is 4.90 Å². The Morgan fingerprint density at radius 2 is 0.833 bits per heavy atom. The molecule has 0 spiro atoms. The predicted molar refractivity (Wildman–Crippen MR) is 227 cm³/mol. The third-order valence-electron chi connectivity index (χ3n) is 10.9. The van der Waals surface area contributed by atoms with Crippen molar-refractivity contribution < 1.29 is 4.42 Å². The van der Waals surface area contributed by atoms with Crippen molar-refractivity contribution in [3.63, 3.8) is 0 Å². The number of hydrogen-bond acceptors (Lipinski definition) is 3. The first-order valence-electron chi connectivity index (χ1n) is 18.4. The Bertz CT molecular complexity index is 3050. The molecule has 0 N–H and O–H groups in total. The van der Waals surface area contributed by atoms with Gasteiger partial charge in [-0.25, -0.2) is 0 Å². The van der Waals surface area contributed by atoms with Crippen molar-refractivity contribution in [1.29, 1.82) is 0 Å². The Morgan fingerprint density at radius 1 is 0.352 bits per heavy atom. The lowest BCUT2D eigenvalue weighted by molar-refractivity contribution is 0.667. The van der Waals surface area contributed by atoms with Gasteiger partial charge in [0.2, 0.25) is 0 Å². The summed E-state index contributed by atoms with van der Waals surface area (Å²) in [5.74, 6) is 0. The van der Waals surface area contributed by atoms with Gasteiger partial charge >= 0.3 is 0 Å². The normalized spacial score (nSPS) is 11.7. The summed E-state index contributed by atoms with van der Waals surface area (Å²) in [6, 6.07) is 65.9. The Labute approximate surface area is 312 Å². The molecule has 0 unspecified atom stereocenters. The van der Waals surface area contributed by atoms with Crippen LogP contribution in [0.4, 0.5) is 17.1 Å². The summed E-state index contributed by atoms with van der Waals surface area (Å²) in [5, 5.41) is 12.2. The summed E-state index contributed by atoms with van der Waals surface area (Å²) in [5.41, 5.74) is 9.65. The maximum atomic E-state index is 6.18. The fourth-order valence-corrected chi connectivity index (χ4v) is 8.37. The van der Waals surface area contributed by atoms with E-state index >= 15 is 0 Å². The summed E-state index contributed by atoms with van der Waals surface area (Å²) < 4.78 is 6.18. The molecule has 0 aliphatic rings. The standard InChI is InChI=1S/C51H32N2O/c1-3-11-40-35(9-1)29-47(44-15-7-5-13-42(40)44)33-17-21-37(22-18-33)53(39-25-26-50-49(31-39)46-27-28-52-32-51(46)54-50)38-23-19-34(20-24-38)48-30-36-10-2-4-12-41(36)43-14-6-8-16-45(43)48/h1-32H. The second-order valence-electron chi connectivity index (χ2n) is 14.0. The van der Waals surface area contributed by atoms with Crippen molar-refractivity contribution in [2.45, 2.75) is 0 Å². The van der Waals surface area contributed by atoms with E-state index in [-0.39, 0.29) is 0 Å². The van der Waals surface area contributed by atoms with Crippen LogP contribution in [0, 0.1) is 0 Å². The number of furan rings is 1. The lowest BCUT2D eigenvalue weighted by Crippen LogP contribution is -2.09. The van der Waals surface area contributed by atoms with Crippen molar-refractivity contribution in [1.82, 2.24) is 4.98 Å². The van der Waals surface area contributed by atoms with Crippen LogP contribution in [0.5, 0.6) is 0 Å². The van der Waals surface area contributed by atoms with Crippen LogP contribution < -0.4 is 4.90 Å². The minimum Gasteiger partial charge on any atom is -0.454 e. The van der Waals surface area contributed by atoms with E-state index in [1.807, 2.05) is 12.3 Å². The van der Waals surface area contributed by atoms with Gasteiger partial charge in [-0.05, 0) is 126 Å². The van der Waals surface area contributed by atoms with Gasteiger partial charge in [-0.2, -0.15) is 0 Å². The number of pyridine rings is 1. The molecule has 0 aliphatic carbocycles. The first-order chi connectivity index (χ1) is 26.8. The molecule has 54 heavy (non-hydrogen) atoms. The summed E-state index contributed by atoms with van der Waals surface area (Å²) in [6.45, 7) is 0. The van der Waals surface area contributed by atoms with Gasteiger partial charge in [0.25, 0.3) is 0 Å². The second-order valence-corrected chi connectivity index (χ2v) is 14.0. The SMILES string of the molecule is c1ccc2c(c1)cc(-c1ccc(N(c3ccc(-c4cc5ccccc5c5ccccc45)cc3)c3ccc4oc5cnccc5c4c3)cc1)c1ccccc12. The van der Waals surface area contributed by atoms with Gasteiger partial charge in [0.05, 0.1) is 6.20 Å². The summed E-state index contributed by atoms with van der Waals surface area (Å²) in [6.07, 6.45) is 3.61. The van der Waals surface area contributed by atoms with Gasteiger partial charge in [0, 0.05) is 34.0 Å². The van der Waals surface area contributed by atoms with Crippen LogP contribution in [-0.4, -0.2) is 4.98 Å². The molecule has 0 amide bonds. The summed E-state index contributed by atoms with van der Waals surface area (Å²) in [7, 11) is 0. The lowest BCUT2D eigenvalue weighted by atomic mass is 9.93. The van der Waals surface area contributed by atoms with E-state index in [0.29, 0.717) is 0 Å². The first-order valence-corrected chi connectivity index (χ1v) is 18.4. The van der Waals surface area contributed by atoms with Crippen LogP contribution in [0.2, 0.25) is 0 Å². The molecule has 0 radical (unpaired) electrons. The van der Waals surface area contributed by atoms with E-state index in [1.54, 1.807) is 6.20 Å². The fraction of sp³-hybridized carbons (Fsp3) is 0. The highest BCUT2D eigenvalue weighted by Gasteiger charge is 2.17. The topological polar surface area (TPSA) is 29.3 Å². The van der Waals surface area contributed by atoms with E-state index in [4.69, 9.17) is 4.42 Å². The second kappa shape index (κ2) is 12.2. The van der Waals surface area contributed by atoms with Crippen molar-refractivity contribution in [3.05, 3.63) is 194 Å². The predicted octanol–water partition coefficient (Wildman–Crippen LogP) is 14.4. The van der Waals surface area contributed by atoms with Crippen LogP contribution in [0.1, 0.15) is 0 Å². The molecular formula is C51H32N2O. The quantitative estimate of drug-likeness (QED) is 0.169. The molecule has 0 aliphatic heterocycles. The molecule has 0 bridgehead atoms. The van der Waals surface area contributed by atoms with E-state index in [0.717, 1.165) is 39.0 Å². The maximum absolute atomic E-state index is 6.18. The van der Waals surface area contributed by atoms with Gasteiger partial charge < -0.3 is 9.32 Å². The van der Waals surface area contributed by atoms with Crippen LogP contribution in [0.25, 0.3) is 87.3 Å². The summed E-state index contributed by atoms with van der Waals surface area (Å²) >= 11 is 0. The molecule has 0 saturated heterocycles. The highest BCUT2D eigenvalue weighted by atomic mass is 16.3. The van der Waals surface area contributed by atoms with Crippen LogP contribution in [0.15, 0.2) is 199 Å². The van der Waals surface area contributed by atoms with Gasteiger partial charge in [0.15, 0.2) is 5.58 Å². The number of nitrogens with zero attached hydrogens (tertiary/aromatic N) is 2. The minimum absolute atomic E-state index is 0.787. The van der Waals surface area contributed by atoms with Gasteiger partial charge in [-0.3, -0.25) is 4.98 Å². The van der Waals surface area contributed by atoms with Gasteiger partial charge in [-0.15, -0.1) is 0 Å². The first kappa shape index (κ1) is 30.4. The Hall–Kier alpha value is -7.23. The molecule has 0 saturated carbocycles. The maximum Gasteiger partial charge on any atom is 0.153 e. The third-order valence-corrected chi connectivity index (χ3v) is 10.9. The number of benzene rings is 9. The zero-order valence-corrected chi connectivity index (χ0v) is 29.3. The van der Waals surface area contributed by atoms with E-state index in [1.165, 1.54) is 65.3 Å². The van der Waals surface area contributed by atoms with Crippen LogP contribution in [0.3, 0.4) is 0 Å². The molecule has 11 rings (SSSR count). The Balaban J connectivity index is 1.06. The van der Waals surface area contributed by atoms with Crippen LogP contribution >= 0.6 is 0 Å². The zero-order chi connectivity index (χ0) is 35.6. The van der Waals surface area contributed by atoms with Crippen molar-refractivity contribution >= 4 is 82.1 Å². The molecule has 3 heteroatoms. The molecule has 0 atom stereocenters. The lowest BCUT2D eigenvalue weighted by Gasteiger charge is -2.26. The average molecular weight is 689 g/mol. The average Bonchev–Trinajstić information content (AvgIpc) is 3.62. The number of aromatic nitrogens is 1. The number of fused-ring (bicyclic) bond motifs is 9. The Morgan fingerprint density at radius 3 is 1.39 bits per heavy atom. The number of rotatable bonds is 5. The largest absolute Gasteiger partial charge is 0.454 e. The van der Waals surface area contributed by atoms with Crippen molar-refractivity contribution in [2.24, 2.45) is 0 Å². The molecule has 2 heterocycles. The molecule has 9 aromatic carbocycles. The molecule has 2 aromatic heterocycles. The van der Waals surface area contributed by atoms with Crippen LogP contribution in [-0.2, 0) is 0 Å².